The van der Waals surface area contributed by atoms with E-state index >= 15 is 0 Å². The zero-order chi connectivity index (χ0) is 14.8. The fraction of sp³-hybridized carbons (Fsp3) is 0.462. The van der Waals surface area contributed by atoms with Gasteiger partial charge in [0.25, 0.3) is 0 Å². The van der Waals surface area contributed by atoms with Crippen LogP contribution in [0, 0.1) is 5.92 Å². The first kappa shape index (κ1) is 14.1. The van der Waals surface area contributed by atoms with Crippen molar-refractivity contribution in [1.29, 1.82) is 0 Å². The van der Waals surface area contributed by atoms with Crippen molar-refractivity contribution in [1.82, 2.24) is 0 Å². The van der Waals surface area contributed by atoms with Crippen molar-refractivity contribution in [2.75, 3.05) is 25.0 Å². The third-order valence-electron chi connectivity index (χ3n) is 3.54. The highest BCUT2D eigenvalue weighted by atomic mass is 16.8. The average Bonchev–Trinajstić information content (AvgIpc) is 3.04. The smallest absolute Gasteiger partial charge is 0.428 e. The minimum absolute atomic E-state index is 0.0119. The number of ether oxygens (including phenoxy) is 4. The van der Waals surface area contributed by atoms with Gasteiger partial charge in [-0.15, -0.1) is 5.23 Å². The summed E-state index contributed by atoms with van der Waals surface area (Å²) in [5.74, 6) is 0.293. The van der Waals surface area contributed by atoms with E-state index in [1.165, 1.54) is 24.3 Å². The van der Waals surface area contributed by atoms with E-state index in [2.05, 4.69) is 0 Å². The van der Waals surface area contributed by atoms with Gasteiger partial charge in [0, 0.05) is 0 Å². The van der Waals surface area contributed by atoms with Crippen LogP contribution in [0.3, 0.4) is 0 Å². The van der Waals surface area contributed by atoms with Crippen LogP contribution in [-0.4, -0.2) is 48.6 Å². The summed E-state index contributed by atoms with van der Waals surface area (Å²) in [4.78, 5) is 11.7. The van der Waals surface area contributed by atoms with Gasteiger partial charge in [0.1, 0.15) is 11.9 Å². The molecule has 0 spiro atoms. The van der Waals surface area contributed by atoms with E-state index in [4.69, 9.17) is 29.4 Å². The number of carbonyl (C=O) groups is 1. The van der Waals surface area contributed by atoms with Crippen molar-refractivity contribution in [2.24, 2.45) is 5.92 Å². The number of carbonyl (C=O) groups excluding carboxylic acids is 1. The molecule has 2 aliphatic heterocycles. The molecule has 2 saturated heterocycles. The highest BCUT2D eigenvalue weighted by Crippen LogP contribution is 2.29. The summed E-state index contributed by atoms with van der Waals surface area (Å²) in [6.45, 7) is 1.39. The molecule has 8 heteroatoms. The molecule has 2 N–H and O–H groups in total. The number of nitrogens with zero attached hydrogens (tertiary/aromatic N) is 1. The van der Waals surface area contributed by atoms with Gasteiger partial charge in [-0.2, -0.15) is 0 Å². The number of anilines is 1. The Labute approximate surface area is 120 Å². The fourth-order valence-electron chi connectivity index (χ4n) is 2.42. The molecule has 1 aromatic carbocycles. The fourth-order valence-corrected chi connectivity index (χ4v) is 2.42. The molecule has 114 valence electrons. The molecule has 0 radical (unpaired) electrons. The van der Waals surface area contributed by atoms with Crippen molar-refractivity contribution in [3.8, 4) is 5.75 Å². The number of rotatable bonds is 3. The molecule has 2 heterocycles. The van der Waals surface area contributed by atoms with E-state index in [1.807, 2.05) is 0 Å². The molecule has 0 bridgehead atoms. The third kappa shape index (κ3) is 3.08. The van der Waals surface area contributed by atoms with Crippen molar-refractivity contribution in [2.45, 2.75) is 12.2 Å². The molecule has 3 rings (SSSR count). The molecular weight excluding hydrogens is 282 g/mol. The monoisotopic (exact) mass is 297 g/mol. The van der Waals surface area contributed by atoms with Gasteiger partial charge >= 0.3 is 6.16 Å². The molecule has 0 saturated carbocycles. The van der Waals surface area contributed by atoms with Gasteiger partial charge < -0.3 is 18.9 Å². The molecule has 0 amide bonds. The maximum atomic E-state index is 11.7. The van der Waals surface area contributed by atoms with Crippen LogP contribution in [0.25, 0.3) is 0 Å². The Kier molecular flexibility index (Phi) is 3.93. The zero-order valence-electron chi connectivity index (χ0n) is 11.0. The number of hydrogen-bond donors (Lipinski definition) is 2. The van der Waals surface area contributed by atoms with Gasteiger partial charge in [0.05, 0.1) is 37.5 Å². The number of benzene rings is 1. The van der Waals surface area contributed by atoms with Crippen LogP contribution >= 0.6 is 0 Å². The van der Waals surface area contributed by atoms with Crippen LogP contribution < -0.4 is 9.96 Å². The van der Waals surface area contributed by atoms with E-state index < -0.39 is 6.16 Å². The maximum absolute atomic E-state index is 11.7. The minimum Gasteiger partial charge on any atom is -0.428 e. The Hall–Kier alpha value is -1.87. The van der Waals surface area contributed by atoms with Crippen LogP contribution in [0.4, 0.5) is 10.5 Å². The van der Waals surface area contributed by atoms with Gasteiger partial charge in [-0.05, 0) is 24.3 Å². The topological polar surface area (TPSA) is 97.7 Å². The van der Waals surface area contributed by atoms with E-state index in [0.29, 0.717) is 19.8 Å². The lowest BCUT2D eigenvalue weighted by Crippen LogP contribution is -2.29. The molecule has 0 aliphatic carbocycles. The second-order valence-electron chi connectivity index (χ2n) is 4.86. The summed E-state index contributed by atoms with van der Waals surface area (Å²) in [5, 5.41) is 17.6. The van der Waals surface area contributed by atoms with Crippen LogP contribution in [-0.2, 0) is 14.2 Å². The highest BCUT2D eigenvalue weighted by Gasteiger charge is 2.43. The summed E-state index contributed by atoms with van der Waals surface area (Å²) in [5.41, 5.74) is 0.144. The van der Waals surface area contributed by atoms with Gasteiger partial charge in [-0.1, -0.05) is 0 Å². The third-order valence-corrected chi connectivity index (χ3v) is 3.54. The predicted molar refractivity (Wildman–Crippen MR) is 67.4 cm³/mol. The Morgan fingerprint density at radius 1 is 1.19 bits per heavy atom. The van der Waals surface area contributed by atoms with Crippen LogP contribution in [0.15, 0.2) is 24.3 Å². The molecule has 0 aromatic heterocycles. The lowest BCUT2D eigenvalue weighted by Gasteiger charge is -2.15. The minimum atomic E-state index is -0.825. The zero-order valence-corrected chi connectivity index (χ0v) is 11.0. The van der Waals surface area contributed by atoms with Gasteiger partial charge in [0.15, 0.2) is 0 Å². The first-order valence-corrected chi connectivity index (χ1v) is 6.49. The molecule has 2 unspecified atom stereocenters. The van der Waals surface area contributed by atoms with Crippen molar-refractivity contribution < 1.29 is 34.2 Å². The van der Waals surface area contributed by atoms with Crippen LogP contribution in [0.1, 0.15) is 0 Å². The molecule has 1 aromatic rings. The summed E-state index contributed by atoms with van der Waals surface area (Å²) >= 11 is 0. The number of hydrogen-bond acceptors (Lipinski definition) is 8. The quantitative estimate of drug-likeness (QED) is 0.488. The van der Waals surface area contributed by atoms with E-state index in [0.717, 1.165) is 0 Å². The first-order chi connectivity index (χ1) is 10.1. The number of fused-ring (bicyclic) bond motifs is 1. The molecule has 3 atom stereocenters. The Morgan fingerprint density at radius 2 is 1.95 bits per heavy atom. The molecule has 2 aliphatic rings. The van der Waals surface area contributed by atoms with Crippen LogP contribution in [0.2, 0.25) is 0 Å². The van der Waals surface area contributed by atoms with Crippen LogP contribution in [0.5, 0.6) is 5.75 Å². The highest BCUT2D eigenvalue weighted by molar-refractivity contribution is 5.64. The normalized spacial score (nSPS) is 27.2. The Morgan fingerprint density at radius 3 is 2.67 bits per heavy atom. The van der Waals surface area contributed by atoms with E-state index in [1.54, 1.807) is 0 Å². The molecule has 8 nitrogen and oxygen atoms in total. The summed E-state index contributed by atoms with van der Waals surface area (Å²) in [7, 11) is 0. The Bertz CT molecular complexity index is 504. The molecular formula is C13H15NO7. The molecule has 2 fully saturated rings. The lowest BCUT2D eigenvalue weighted by atomic mass is 10.0. The summed E-state index contributed by atoms with van der Waals surface area (Å²) in [6.07, 6.45) is -1.20. The van der Waals surface area contributed by atoms with Gasteiger partial charge in [0.2, 0.25) is 0 Å². The van der Waals surface area contributed by atoms with Crippen molar-refractivity contribution >= 4 is 11.8 Å². The largest absolute Gasteiger partial charge is 0.514 e. The summed E-state index contributed by atoms with van der Waals surface area (Å²) in [6, 6.07) is 5.59. The maximum Gasteiger partial charge on any atom is 0.514 e. The Balaban J connectivity index is 1.54. The van der Waals surface area contributed by atoms with Crippen molar-refractivity contribution in [3.05, 3.63) is 24.3 Å². The van der Waals surface area contributed by atoms with Gasteiger partial charge in [-0.25, -0.2) is 4.79 Å². The van der Waals surface area contributed by atoms with E-state index in [9.17, 15) is 4.79 Å². The van der Waals surface area contributed by atoms with E-state index in [-0.39, 0.29) is 34.8 Å². The summed E-state index contributed by atoms with van der Waals surface area (Å²) < 4.78 is 21.0. The second kappa shape index (κ2) is 5.86. The SMILES string of the molecule is O=C(Oc1ccc(N(O)O)cc1)O[C@H]1COC2COCC21. The molecule has 21 heavy (non-hydrogen) atoms. The average molecular weight is 297 g/mol. The first-order valence-electron chi connectivity index (χ1n) is 6.49. The van der Waals surface area contributed by atoms with Crippen molar-refractivity contribution in [3.63, 3.8) is 0 Å². The predicted octanol–water partition coefficient (Wildman–Crippen LogP) is 1.20. The standard InChI is InChI=1S/C13H15NO7/c15-13(20-9-3-1-8(2-4-9)14(16)17)21-12-7-19-11-6-18-5-10(11)12/h1-4,10-12,16-17H,5-7H2/t10?,11?,12-/m0/s1. The van der Waals surface area contributed by atoms with Gasteiger partial charge in [-0.3, -0.25) is 10.4 Å². The second-order valence-corrected chi connectivity index (χ2v) is 4.86. The lowest BCUT2D eigenvalue weighted by molar-refractivity contribution is 0.0157.